The van der Waals surface area contributed by atoms with E-state index in [0.29, 0.717) is 0 Å². The molecule has 0 bridgehead atoms. The number of halogens is 6. The van der Waals surface area contributed by atoms with E-state index in [-0.39, 0.29) is 0 Å². The van der Waals surface area contributed by atoms with E-state index in [2.05, 4.69) is 39.0 Å². The van der Waals surface area contributed by atoms with E-state index in [0.717, 1.165) is 0 Å². The highest BCUT2D eigenvalue weighted by molar-refractivity contribution is 7.92. The van der Waals surface area contributed by atoms with Crippen molar-refractivity contribution in [2.24, 2.45) is 0 Å². The molecule has 0 fully saturated rings. The van der Waals surface area contributed by atoms with Gasteiger partial charge in [-0.3, -0.25) is 0 Å². The summed E-state index contributed by atoms with van der Waals surface area (Å²) in [6.07, 6.45) is -5.40. The second-order valence-electron chi connectivity index (χ2n) is 1.43. The fourth-order valence-electron chi connectivity index (χ4n) is 0.172. The highest BCUT2D eigenvalue weighted by atomic mass is 35.6. The van der Waals surface area contributed by atoms with Gasteiger partial charge in [0.05, 0.1) is 0 Å². The van der Waals surface area contributed by atoms with Crippen molar-refractivity contribution >= 4 is 44.9 Å². The molecule has 0 rings (SSSR count). The minimum Gasteiger partial charge on any atom is -0.195 e. The third-order valence-corrected chi connectivity index (χ3v) is 3.16. The molecule has 0 aromatic heterocycles. The summed E-state index contributed by atoms with van der Waals surface area (Å²) in [4.78, 5) is 0. The van der Waals surface area contributed by atoms with E-state index in [9.17, 15) is 21.6 Å². The molecule has 0 spiro atoms. The van der Waals surface area contributed by atoms with Crippen LogP contribution < -0.4 is 0 Å². The Kier molecular flexibility index (Phi) is 3.54. The SMILES string of the molecule is O=S(=O)(OC(F)(F)F)C(Cl)(Cl)Cl. The fourth-order valence-corrected chi connectivity index (χ4v) is 0.798. The summed E-state index contributed by atoms with van der Waals surface area (Å²) in [7, 11) is -5.28. The van der Waals surface area contributed by atoms with Crippen molar-refractivity contribution in [3.8, 4) is 0 Å². The van der Waals surface area contributed by atoms with Crippen LogP contribution in [0.15, 0.2) is 0 Å². The topological polar surface area (TPSA) is 43.4 Å². The molecule has 0 aliphatic heterocycles. The molecule has 12 heavy (non-hydrogen) atoms. The van der Waals surface area contributed by atoms with E-state index < -0.39 is 19.6 Å². The summed E-state index contributed by atoms with van der Waals surface area (Å²) in [5.41, 5.74) is 0. The van der Waals surface area contributed by atoms with Crippen LogP contribution in [0.25, 0.3) is 0 Å². The smallest absolute Gasteiger partial charge is 0.195 e. The molecule has 0 aliphatic carbocycles. The second kappa shape index (κ2) is 3.38. The maximum atomic E-state index is 11.3. The van der Waals surface area contributed by atoms with Gasteiger partial charge in [-0.05, 0) is 0 Å². The summed E-state index contributed by atoms with van der Waals surface area (Å²) < 4.78 is 54.0. The van der Waals surface area contributed by atoms with Crippen molar-refractivity contribution < 1.29 is 25.8 Å². The van der Waals surface area contributed by atoms with Gasteiger partial charge in [0.2, 0.25) is 0 Å². The fraction of sp³-hybridized carbons (Fsp3) is 1.00. The molecule has 0 amide bonds. The first-order valence-corrected chi connectivity index (χ1v) is 4.58. The summed E-state index contributed by atoms with van der Waals surface area (Å²) in [6, 6.07) is 0. The zero-order chi connectivity index (χ0) is 10.2. The van der Waals surface area contributed by atoms with Crippen molar-refractivity contribution in [1.82, 2.24) is 0 Å². The number of hydrogen-bond acceptors (Lipinski definition) is 3. The highest BCUT2D eigenvalue weighted by Gasteiger charge is 2.47. The minimum absolute atomic E-state index is 2.57. The van der Waals surface area contributed by atoms with Gasteiger partial charge in [0.15, 0.2) is 0 Å². The lowest BCUT2D eigenvalue weighted by Crippen LogP contribution is -2.28. The number of alkyl halides is 6. The first-order chi connectivity index (χ1) is 4.96. The summed E-state index contributed by atoms with van der Waals surface area (Å²) in [6.45, 7) is 0. The Labute approximate surface area is 80.5 Å². The van der Waals surface area contributed by atoms with Crippen molar-refractivity contribution in [3.63, 3.8) is 0 Å². The van der Waals surface area contributed by atoms with Crippen LogP contribution in [-0.2, 0) is 14.3 Å². The molecule has 0 N–H and O–H groups in total. The zero-order valence-corrected chi connectivity index (χ0v) is 7.99. The first kappa shape index (κ1) is 12.6. The maximum Gasteiger partial charge on any atom is 0.537 e. The van der Waals surface area contributed by atoms with Crippen LogP contribution in [0.3, 0.4) is 0 Å². The minimum atomic E-state index is -5.40. The quantitative estimate of drug-likeness (QED) is 0.540. The molecule has 0 saturated heterocycles. The highest BCUT2D eigenvalue weighted by Crippen LogP contribution is 2.37. The van der Waals surface area contributed by atoms with Crippen molar-refractivity contribution in [2.75, 3.05) is 0 Å². The van der Waals surface area contributed by atoms with Crippen LogP contribution in [-0.4, -0.2) is 17.9 Å². The molecule has 10 heteroatoms. The zero-order valence-electron chi connectivity index (χ0n) is 4.90. The van der Waals surface area contributed by atoms with Crippen molar-refractivity contribution in [1.29, 1.82) is 0 Å². The van der Waals surface area contributed by atoms with Gasteiger partial charge < -0.3 is 0 Å². The first-order valence-electron chi connectivity index (χ1n) is 2.04. The van der Waals surface area contributed by atoms with Gasteiger partial charge in [-0.2, -0.15) is 12.6 Å². The maximum absolute atomic E-state index is 11.3. The van der Waals surface area contributed by atoms with Gasteiger partial charge >= 0.3 is 19.6 Å². The number of rotatable bonds is 1. The second-order valence-corrected chi connectivity index (χ2v) is 6.07. The van der Waals surface area contributed by atoms with Crippen LogP contribution in [0.5, 0.6) is 0 Å². The summed E-state index contributed by atoms with van der Waals surface area (Å²) >= 11 is 13.9. The van der Waals surface area contributed by atoms with E-state index in [1.165, 1.54) is 0 Å². The average Bonchev–Trinajstić information content (AvgIpc) is 1.52. The Morgan fingerprint density at radius 1 is 1.08 bits per heavy atom. The monoisotopic (exact) mass is 266 g/mol. The molecule has 0 saturated carbocycles. The van der Waals surface area contributed by atoms with Crippen LogP contribution >= 0.6 is 34.8 Å². The van der Waals surface area contributed by atoms with Gasteiger partial charge in [-0.25, -0.2) is 0 Å². The molecule has 0 aromatic rings. The van der Waals surface area contributed by atoms with E-state index >= 15 is 0 Å². The Balaban J connectivity index is 4.70. The third kappa shape index (κ3) is 3.99. The van der Waals surface area contributed by atoms with Crippen LogP contribution in [0, 0.1) is 0 Å². The predicted molar refractivity (Wildman–Crippen MR) is 36.3 cm³/mol. The van der Waals surface area contributed by atoms with Crippen molar-refractivity contribution in [3.05, 3.63) is 0 Å². The molecular formula is C2Cl3F3O3S. The largest absolute Gasteiger partial charge is 0.537 e. The molecule has 0 radical (unpaired) electrons. The van der Waals surface area contributed by atoms with Crippen LogP contribution in [0.2, 0.25) is 0 Å². The standard InChI is InChI=1S/C2Cl3F3O3S/c3-1(4,5)12(9,10)11-2(6,7)8. The molecule has 0 atom stereocenters. The van der Waals surface area contributed by atoms with E-state index in [4.69, 9.17) is 0 Å². The lowest BCUT2D eigenvalue weighted by molar-refractivity contribution is -0.272. The Morgan fingerprint density at radius 2 is 1.42 bits per heavy atom. The lowest BCUT2D eigenvalue weighted by atomic mass is 11.4. The Morgan fingerprint density at radius 3 is 1.50 bits per heavy atom. The van der Waals surface area contributed by atoms with Crippen molar-refractivity contribution in [2.45, 2.75) is 9.49 Å². The average molecular weight is 267 g/mol. The van der Waals surface area contributed by atoms with Crippen LogP contribution in [0.1, 0.15) is 0 Å². The molecule has 0 aromatic carbocycles. The predicted octanol–water partition coefficient (Wildman–Crippen LogP) is 2.18. The molecule has 3 nitrogen and oxygen atoms in total. The Hall–Kier alpha value is 0.570. The third-order valence-electron chi connectivity index (χ3n) is 0.488. The molecule has 74 valence electrons. The lowest BCUT2D eigenvalue weighted by Gasteiger charge is -2.12. The molecule has 0 unspecified atom stereocenters. The van der Waals surface area contributed by atoms with E-state index in [1.54, 1.807) is 0 Å². The molecule has 0 aliphatic rings. The van der Waals surface area contributed by atoms with Crippen LogP contribution in [0.4, 0.5) is 13.2 Å². The van der Waals surface area contributed by atoms with E-state index in [1.807, 2.05) is 0 Å². The summed E-state index contributed by atoms with van der Waals surface area (Å²) in [5.74, 6) is 0. The van der Waals surface area contributed by atoms with Gasteiger partial charge in [0.1, 0.15) is 0 Å². The Bertz CT molecular complexity index is 251. The van der Waals surface area contributed by atoms with Gasteiger partial charge in [-0.15, -0.1) is 13.2 Å². The van der Waals surface area contributed by atoms with Gasteiger partial charge in [-0.1, -0.05) is 34.8 Å². The van der Waals surface area contributed by atoms with Gasteiger partial charge in [0, 0.05) is 0 Å². The van der Waals surface area contributed by atoms with Gasteiger partial charge in [0.25, 0.3) is 0 Å². The molecule has 0 heterocycles. The molecular weight excluding hydrogens is 267 g/mol. The normalized spacial score (nSPS) is 14.8. The number of hydrogen-bond donors (Lipinski definition) is 0. The summed E-state index contributed by atoms with van der Waals surface area (Å²) in [5, 5.41) is 0.